The minimum Gasteiger partial charge on any atom is -0.870 e. The van der Waals surface area contributed by atoms with Crippen molar-refractivity contribution in [2.24, 2.45) is 11.5 Å². The van der Waals surface area contributed by atoms with E-state index >= 15 is 0 Å². The van der Waals surface area contributed by atoms with Gasteiger partial charge in [-0.15, -0.1) is 0 Å². The molecule has 6 unspecified atom stereocenters. The summed E-state index contributed by atoms with van der Waals surface area (Å²) in [5.41, 5.74) is 9.85. The van der Waals surface area contributed by atoms with Crippen LogP contribution in [0.15, 0.2) is 0 Å². The zero-order chi connectivity index (χ0) is 37.3. The van der Waals surface area contributed by atoms with E-state index in [4.69, 9.17) is 44.7 Å². The fraction of sp³-hybridized carbons (Fsp3) is 0.767. The summed E-state index contributed by atoms with van der Waals surface area (Å²) in [5, 5.41) is 9.70. The molecule has 3 aliphatic rings. The van der Waals surface area contributed by atoms with E-state index in [2.05, 4.69) is 26.0 Å². The first-order valence-electron chi connectivity index (χ1n) is 16.3. The molecular formula is C30H55KN6O16. The van der Waals surface area contributed by atoms with Crippen LogP contribution in [0.25, 0.3) is 0 Å². The van der Waals surface area contributed by atoms with Gasteiger partial charge < -0.3 is 81.6 Å². The number of carbonyl (C=O) groups is 7. The van der Waals surface area contributed by atoms with Crippen molar-refractivity contribution in [2.75, 3.05) is 47.2 Å². The Morgan fingerprint density at radius 2 is 0.962 bits per heavy atom. The topological polar surface area (TPSA) is 346 Å². The molecular weight excluding hydrogens is 739 g/mol. The second-order valence-corrected chi connectivity index (χ2v) is 11.3. The average molecular weight is 795 g/mol. The molecule has 6 amide bonds. The van der Waals surface area contributed by atoms with Crippen LogP contribution in [0.1, 0.15) is 64.2 Å². The molecule has 302 valence electrons. The molecule has 23 heteroatoms. The van der Waals surface area contributed by atoms with Crippen LogP contribution in [0.3, 0.4) is 0 Å². The van der Waals surface area contributed by atoms with E-state index in [1.807, 2.05) is 6.79 Å². The average Bonchev–Trinajstić information content (AvgIpc) is 3.88. The maximum atomic E-state index is 11.8. The van der Waals surface area contributed by atoms with Crippen molar-refractivity contribution < 1.29 is 129 Å². The van der Waals surface area contributed by atoms with E-state index in [1.165, 1.54) is 7.05 Å². The van der Waals surface area contributed by atoms with Crippen LogP contribution in [0.5, 0.6) is 0 Å². The van der Waals surface area contributed by atoms with Crippen LogP contribution in [0, 0.1) is 0 Å². The number of primary amides is 2. The van der Waals surface area contributed by atoms with E-state index in [-0.39, 0.29) is 144 Å². The molecule has 22 nitrogen and oxygen atoms in total. The van der Waals surface area contributed by atoms with Crippen molar-refractivity contribution in [1.82, 2.24) is 21.3 Å². The number of hydrogen-bond acceptors (Lipinski definition) is 15. The van der Waals surface area contributed by atoms with Crippen LogP contribution >= 0.6 is 0 Å². The number of carbonyl (C=O) groups excluding carboxylic acids is 7. The summed E-state index contributed by atoms with van der Waals surface area (Å²) in [4.78, 5) is 74.7. The summed E-state index contributed by atoms with van der Waals surface area (Å²) >= 11 is 0. The van der Waals surface area contributed by atoms with Gasteiger partial charge in [0.2, 0.25) is 11.8 Å². The van der Waals surface area contributed by atoms with Crippen molar-refractivity contribution in [3.63, 3.8) is 0 Å². The molecule has 0 aromatic rings. The Bertz CT molecular complexity index is 1000. The van der Waals surface area contributed by atoms with E-state index in [0.29, 0.717) is 38.5 Å². The van der Waals surface area contributed by atoms with E-state index in [9.17, 15) is 28.8 Å². The molecule has 0 radical (unpaired) electrons. The monoisotopic (exact) mass is 794 g/mol. The van der Waals surface area contributed by atoms with Gasteiger partial charge in [0.05, 0.1) is 43.3 Å². The Morgan fingerprint density at radius 1 is 0.604 bits per heavy atom. The number of nitrogens with two attached hydrogens (primary N) is 2. The molecule has 53 heavy (non-hydrogen) atoms. The maximum Gasteiger partial charge on any atom is 1.00 e. The third-order valence-corrected chi connectivity index (χ3v) is 7.55. The molecule has 3 fully saturated rings. The zero-order valence-corrected chi connectivity index (χ0v) is 33.7. The number of hydrogen-bond donors (Lipinski definition) is 6. The first-order chi connectivity index (χ1) is 24.0. The third-order valence-electron chi connectivity index (χ3n) is 7.55. The van der Waals surface area contributed by atoms with Gasteiger partial charge in [-0.05, 0) is 51.4 Å². The first-order valence-corrected chi connectivity index (χ1v) is 16.3. The van der Waals surface area contributed by atoms with Crippen molar-refractivity contribution >= 4 is 43.0 Å². The number of alkyl carbamates (subject to hydrolysis) is 3. The Hall–Kier alpha value is -2.87. The van der Waals surface area contributed by atoms with Gasteiger partial charge in [0.1, 0.15) is 33.2 Å². The van der Waals surface area contributed by atoms with Gasteiger partial charge >= 0.3 is 75.8 Å². The largest absolute Gasteiger partial charge is 1.00 e. The van der Waals surface area contributed by atoms with Crippen molar-refractivity contribution in [3.05, 3.63) is 0 Å². The molecule has 0 saturated carbocycles. The fourth-order valence-corrected chi connectivity index (χ4v) is 5.02. The maximum absolute atomic E-state index is 11.8. The molecule has 0 aromatic heterocycles. The summed E-state index contributed by atoms with van der Waals surface area (Å²) in [6, 6.07) is 0. The van der Waals surface area contributed by atoms with Crippen LogP contribution in [0.2, 0.25) is 0 Å². The number of amides is 6. The number of ether oxygens (including phenoxy) is 7. The standard InChI is InChI=1S/C20H34N4O9.C9H16N2O4.CH2O.K.2H2O/c1-21-17(25)8-7-13-3-4-14(32-13)10-30-19(27)23-12-24-20(28)31-11-16-6-5-15(33-16)9-29-18(26)22-2;10-8(12)4-3-6-1-2-7(15-6)5-14-9(11)13;1-2;;;/h13-16H,3-12H2,1-2H3,(H,21,25)(H,22,26)(H,23,27)(H,24,28);6-7H,1-5H2,(H2,10,12)(H2,11,13);1H2;;2*1H2/q;;;+1;;/p-1. The smallest absolute Gasteiger partial charge is 0.870 e. The van der Waals surface area contributed by atoms with Gasteiger partial charge in [-0.1, -0.05) is 0 Å². The molecule has 0 bridgehead atoms. The fourth-order valence-electron chi connectivity index (χ4n) is 5.02. The molecule has 0 aliphatic carbocycles. The number of rotatable bonds is 16. The minimum absolute atomic E-state index is 0. The summed E-state index contributed by atoms with van der Waals surface area (Å²) in [5.74, 6) is -0.355. The van der Waals surface area contributed by atoms with Gasteiger partial charge in [0.25, 0.3) is 0 Å². The van der Waals surface area contributed by atoms with Gasteiger partial charge in [-0.25, -0.2) is 19.2 Å². The van der Waals surface area contributed by atoms with Crippen molar-refractivity contribution in [1.29, 1.82) is 0 Å². The molecule has 3 saturated heterocycles. The number of nitrogens with one attached hydrogen (secondary N) is 4. The van der Waals surface area contributed by atoms with Crippen LogP contribution < -0.4 is 84.1 Å². The predicted octanol–water partition coefficient (Wildman–Crippen LogP) is -3.91. The summed E-state index contributed by atoms with van der Waals surface area (Å²) < 4.78 is 36.6. The second-order valence-electron chi connectivity index (χ2n) is 11.3. The summed E-state index contributed by atoms with van der Waals surface area (Å²) in [6.07, 6.45) is 3.08. The van der Waals surface area contributed by atoms with Gasteiger partial charge in [-0.3, -0.25) is 9.59 Å². The summed E-state index contributed by atoms with van der Waals surface area (Å²) in [7, 11) is 3.06. The Kier molecular flexibility index (Phi) is 33.5. The zero-order valence-electron chi connectivity index (χ0n) is 30.6. The SMILES string of the molecule is C=O.CNC(=O)CCC1CCC(COC(=O)NCNC(=O)OCC2CCC(COC(=O)NC)O2)O1.NC(=O)CCC1CCC(COC(N)=O)O1.O.[K+].[OH-]. The molecule has 6 atom stereocenters. The second kappa shape index (κ2) is 32.5. The Labute approximate surface area is 350 Å². The summed E-state index contributed by atoms with van der Waals surface area (Å²) in [6.45, 7) is 2.30. The van der Waals surface area contributed by atoms with Crippen molar-refractivity contribution in [2.45, 2.75) is 101 Å². The Balaban J connectivity index is -0.00000106. The Morgan fingerprint density at radius 3 is 1.34 bits per heavy atom. The molecule has 3 rings (SSSR count). The van der Waals surface area contributed by atoms with E-state index in [1.54, 1.807) is 7.05 Å². The quantitative estimate of drug-likeness (QED) is 0.0494. The van der Waals surface area contributed by atoms with Gasteiger partial charge in [-0.2, -0.15) is 0 Å². The van der Waals surface area contributed by atoms with Crippen LogP contribution in [-0.4, -0.2) is 138 Å². The van der Waals surface area contributed by atoms with Crippen LogP contribution in [0.4, 0.5) is 19.2 Å². The molecule has 0 spiro atoms. The normalized spacial score (nSPS) is 22.1. The minimum atomic E-state index is -0.792. The van der Waals surface area contributed by atoms with Crippen molar-refractivity contribution in [3.8, 4) is 0 Å². The van der Waals surface area contributed by atoms with Gasteiger partial charge in [0, 0.05) is 26.9 Å². The molecule has 0 aromatic carbocycles. The first kappa shape index (κ1) is 54.5. The molecule has 3 aliphatic heterocycles. The third kappa shape index (κ3) is 26.5. The van der Waals surface area contributed by atoms with E-state index < -0.39 is 24.4 Å². The molecule has 11 N–H and O–H groups in total. The van der Waals surface area contributed by atoms with Gasteiger partial charge in [0.15, 0.2) is 0 Å². The van der Waals surface area contributed by atoms with E-state index in [0.717, 1.165) is 25.7 Å². The molecule has 3 heterocycles. The predicted molar refractivity (Wildman–Crippen MR) is 178 cm³/mol. The van der Waals surface area contributed by atoms with Crippen LogP contribution in [-0.2, 0) is 47.5 Å².